The number of hydrogen-bond acceptors (Lipinski definition) is 5. The van der Waals surface area contributed by atoms with Crippen LogP contribution in [-0.2, 0) is 6.42 Å². The first-order chi connectivity index (χ1) is 14.1. The van der Waals surface area contributed by atoms with Gasteiger partial charge in [-0.25, -0.2) is 0 Å². The summed E-state index contributed by atoms with van der Waals surface area (Å²) in [5, 5.41) is 20.6. The molecule has 0 saturated heterocycles. The summed E-state index contributed by atoms with van der Waals surface area (Å²) >= 11 is 0. The highest BCUT2D eigenvalue weighted by molar-refractivity contribution is 5.96. The zero-order valence-corrected chi connectivity index (χ0v) is 16.8. The van der Waals surface area contributed by atoms with Gasteiger partial charge in [-0.15, -0.1) is 0 Å². The SMILES string of the molecule is COc1ccccc1C(=O)N1CCCCc2ccccc2OC[C@@H](O)[C@@H](O)CC1. The Bertz CT molecular complexity index is 809. The maximum atomic E-state index is 13.1. The van der Waals surface area contributed by atoms with Crippen LogP contribution in [-0.4, -0.2) is 60.0 Å². The fraction of sp³-hybridized carbons (Fsp3) is 0.435. The van der Waals surface area contributed by atoms with Crippen LogP contribution in [0.5, 0.6) is 11.5 Å². The van der Waals surface area contributed by atoms with E-state index in [2.05, 4.69) is 0 Å². The lowest BCUT2D eigenvalue weighted by Gasteiger charge is -2.26. The number of aliphatic hydroxyl groups excluding tert-OH is 2. The number of carbonyl (C=O) groups is 1. The Hall–Kier alpha value is -2.57. The smallest absolute Gasteiger partial charge is 0.257 e. The number of ether oxygens (including phenoxy) is 2. The minimum Gasteiger partial charge on any atom is -0.496 e. The number of benzene rings is 2. The number of para-hydroxylation sites is 2. The fourth-order valence-corrected chi connectivity index (χ4v) is 3.54. The zero-order chi connectivity index (χ0) is 20.6. The van der Waals surface area contributed by atoms with Crippen LogP contribution < -0.4 is 9.47 Å². The topological polar surface area (TPSA) is 79.2 Å². The number of carbonyl (C=O) groups excluding carboxylic acids is 1. The average molecular weight is 399 g/mol. The molecule has 0 unspecified atom stereocenters. The van der Waals surface area contributed by atoms with E-state index in [9.17, 15) is 15.0 Å². The fourth-order valence-electron chi connectivity index (χ4n) is 3.54. The third-order valence-corrected chi connectivity index (χ3v) is 5.27. The maximum absolute atomic E-state index is 13.1. The summed E-state index contributed by atoms with van der Waals surface area (Å²) in [6.45, 7) is 0.934. The van der Waals surface area contributed by atoms with Gasteiger partial charge in [-0.1, -0.05) is 30.3 Å². The van der Waals surface area contributed by atoms with Gasteiger partial charge in [0.2, 0.25) is 0 Å². The van der Waals surface area contributed by atoms with Gasteiger partial charge in [-0.3, -0.25) is 4.79 Å². The van der Waals surface area contributed by atoms with Crippen molar-refractivity contribution < 1.29 is 24.5 Å². The molecule has 0 aromatic heterocycles. The summed E-state index contributed by atoms with van der Waals surface area (Å²) in [5.41, 5.74) is 1.57. The molecule has 6 heteroatoms. The number of aliphatic hydroxyl groups is 2. The number of rotatable bonds is 2. The van der Waals surface area contributed by atoms with Gasteiger partial charge in [-0.2, -0.15) is 0 Å². The van der Waals surface area contributed by atoms with Gasteiger partial charge >= 0.3 is 0 Å². The summed E-state index contributed by atoms with van der Waals surface area (Å²) in [6.07, 6.45) is 0.830. The van der Waals surface area contributed by atoms with E-state index in [-0.39, 0.29) is 18.9 Å². The third-order valence-electron chi connectivity index (χ3n) is 5.27. The van der Waals surface area contributed by atoms with Gasteiger partial charge in [0.25, 0.3) is 5.91 Å². The van der Waals surface area contributed by atoms with Crippen molar-refractivity contribution in [1.29, 1.82) is 0 Å². The number of fused-ring (bicyclic) bond motifs is 1. The number of aryl methyl sites for hydroxylation is 1. The Morgan fingerprint density at radius 3 is 2.62 bits per heavy atom. The third kappa shape index (κ3) is 5.49. The van der Waals surface area contributed by atoms with Crippen LogP contribution in [0.1, 0.15) is 35.2 Å². The quantitative estimate of drug-likeness (QED) is 0.812. The van der Waals surface area contributed by atoms with Crippen molar-refractivity contribution in [2.24, 2.45) is 0 Å². The molecule has 2 N–H and O–H groups in total. The summed E-state index contributed by atoms with van der Waals surface area (Å²) in [6, 6.07) is 14.9. The minimum absolute atomic E-state index is 0.0125. The van der Waals surface area contributed by atoms with Crippen LogP contribution >= 0.6 is 0 Å². The zero-order valence-electron chi connectivity index (χ0n) is 16.8. The number of amides is 1. The van der Waals surface area contributed by atoms with Crippen LogP contribution in [0, 0.1) is 0 Å². The highest BCUT2D eigenvalue weighted by atomic mass is 16.5. The lowest BCUT2D eigenvalue weighted by molar-refractivity contribution is -0.0150. The molecule has 0 bridgehead atoms. The van der Waals surface area contributed by atoms with Crippen molar-refractivity contribution >= 4 is 5.91 Å². The molecule has 3 rings (SSSR count). The van der Waals surface area contributed by atoms with Gasteiger partial charge in [0.1, 0.15) is 24.2 Å². The van der Waals surface area contributed by atoms with E-state index < -0.39 is 12.2 Å². The van der Waals surface area contributed by atoms with Crippen molar-refractivity contribution in [3.63, 3.8) is 0 Å². The first kappa shape index (κ1) is 21.1. The molecule has 0 fully saturated rings. The van der Waals surface area contributed by atoms with E-state index in [1.165, 1.54) is 0 Å². The Labute approximate surface area is 171 Å². The van der Waals surface area contributed by atoms with Gasteiger partial charge in [0, 0.05) is 13.1 Å². The second-order valence-corrected chi connectivity index (χ2v) is 7.29. The lowest BCUT2D eigenvalue weighted by Crippen LogP contribution is -2.38. The van der Waals surface area contributed by atoms with Crippen LogP contribution in [0.15, 0.2) is 48.5 Å². The molecule has 2 atom stereocenters. The molecule has 156 valence electrons. The molecule has 0 spiro atoms. The van der Waals surface area contributed by atoms with E-state index in [0.29, 0.717) is 24.4 Å². The first-order valence-corrected chi connectivity index (χ1v) is 10.1. The number of hydrogen-bond donors (Lipinski definition) is 2. The molecule has 1 heterocycles. The molecule has 0 aliphatic carbocycles. The van der Waals surface area contributed by atoms with E-state index in [1.807, 2.05) is 36.4 Å². The Morgan fingerprint density at radius 1 is 1.03 bits per heavy atom. The van der Waals surface area contributed by atoms with Gasteiger partial charge < -0.3 is 24.6 Å². The summed E-state index contributed by atoms with van der Waals surface area (Å²) in [7, 11) is 1.55. The second kappa shape index (κ2) is 10.3. The predicted molar refractivity (Wildman–Crippen MR) is 110 cm³/mol. The van der Waals surface area contributed by atoms with Crippen molar-refractivity contribution in [3.05, 3.63) is 59.7 Å². The lowest BCUT2D eigenvalue weighted by atomic mass is 10.1. The van der Waals surface area contributed by atoms with Crippen LogP contribution in [0.25, 0.3) is 0 Å². The van der Waals surface area contributed by atoms with Crippen molar-refractivity contribution in [1.82, 2.24) is 4.90 Å². The molecule has 29 heavy (non-hydrogen) atoms. The number of methoxy groups -OCH3 is 1. The summed E-state index contributed by atoms with van der Waals surface area (Å²) in [5.74, 6) is 1.14. The van der Waals surface area contributed by atoms with Crippen LogP contribution in [0.3, 0.4) is 0 Å². The first-order valence-electron chi connectivity index (χ1n) is 10.1. The van der Waals surface area contributed by atoms with E-state index >= 15 is 0 Å². The van der Waals surface area contributed by atoms with E-state index in [1.54, 1.807) is 24.1 Å². The molecular formula is C23H29NO5. The Morgan fingerprint density at radius 2 is 1.79 bits per heavy atom. The minimum atomic E-state index is -1.02. The van der Waals surface area contributed by atoms with Crippen molar-refractivity contribution in [2.75, 3.05) is 26.8 Å². The maximum Gasteiger partial charge on any atom is 0.257 e. The van der Waals surface area contributed by atoms with Crippen LogP contribution in [0.2, 0.25) is 0 Å². The molecule has 1 amide bonds. The Balaban J connectivity index is 1.77. The van der Waals surface area contributed by atoms with E-state index in [0.717, 1.165) is 30.6 Å². The van der Waals surface area contributed by atoms with Gasteiger partial charge in [0.15, 0.2) is 0 Å². The summed E-state index contributed by atoms with van der Waals surface area (Å²) < 4.78 is 11.1. The molecule has 2 aromatic carbocycles. The Kier molecular flexibility index (Phi) is 7.49. The molecule has 6 nitrogen and oxygen atoms in total. The predicted octanol–water partition coefficient (Wildman–Crippen LogP) is 2.66. The molecule has 0 radical (unpaired) electrons. The second-order valence-electron chi connectivity index (χ2n) is 7.29. The molecule has 1 aliphatic heterocycles. The molecular weight excluding hydrogens is 370 g/mol. The van der Waals surface area contributed by atoms with Gasteiger partial charge in [-0.05, 0) is 49.4 Å². The standard InChI is InChI=1S/C23H29NO5/c1-28-22-12-5-3-10-18(22)23(27)24-14-7-6-9-17-8-2-4-11-21(17)29-16-20(26)19(25)13-15-24/h2-5,8,10-12,19-20,25-26H,6-7,9,13-16H2,1H3/t19-,20+/m0/s1. The largest absolute Gasteiger partial charge is 0.496 e. The summed E-state index contributed by atoms with van der Waals surface area (Å²) in [4.78, 5) is 14.9. The highest BCUT2D eigenvalue weighted by Gasteiger charge is 2.23. The molecule has 1 aliphatic rings. The number of nitrogens with zero attached hydrogens (tertiary/aromatic N) is 1. The molecule has 2 aromatic rings. The van der Waals surface area contributed by atoms with Crippen molar-refractivity contribution in [2.45, 2.75) is 37.9 Å². The van der Waals surface area contributed by atoms with Crippen molar-refractivity contribution in [3.8, 4) is 11.5 Å². The highest BCUT2D eigenvalue weighted by Crippen LogP contribution is 2.23. The average Bonchev–Trinajstić information content (AvgIpc) is 2.77. The van der Waals surface area contributed by atoms with Gasteiger partial charge in [0.05, 0.1) is 18.8 Å². The van der Waals surface area contributed by atoms with Crippen LogP contribution in [0.4, 0.5) is 0 Å². The normalized spacial score (nSPS) is 21.0. The molecule has 0 saturated carbocycles. The monoisotopic (exact) mass is 399 g/mol. The van der Waals surface area contributed by atoms with E-state index in [4.69, 9.17) is 9.47 Å².